The van der Waals surface area contributed by atoms with E-state index >= 15 is 0 Å². The number of carbonyl (C=O) groups is 2. The first kappa shape index (κ1) is 13.6. The number of amides is 1. The van der Waals surface area contributed by atoms with E-state index < -0.39 is 11.4 Å². The number of aryl methyl sites for hydroxylation is 1. The van der Waals surface area contributed by atoms with Crippen molar-refractivity contribution in [3.8, 4) is 0 Å². The van der Waals surface area contributed by atoms with Crippen molar-refractivity contribution in [3.63, 3.8) is 0 Å². The van der Waals surface area contributed by atoms with Gasteiger partial charge < -0.3 is 10.4 Å². The third-order valence-corrected chi connectivity index (χ3v) is 4.14. The zero-order valence-corrected chi connectivity index (χ0v) is 11.3. The number of carboxylic acids is 1. The third kappa shape index (κ3) is 2.48. The lowest BCUT2D eigenvalue weighted by atomic mass is 9.84. The number of benzene rings is 1. The van der Waals surface area contributed by atoms with Crippen LogP contribution >= 0.6 is 0 Å². The molecular formula is C15H19NO3. The lowest BCUT2D eigenvalue weighted by molar-refractivity contribution is -0.148. The van der Waals surface area contributed by atoms with E-state index in [4.69, 9.17) is 0 Å². The Kier molecular flexibility index (Phi) is 3.60. The minimum Gasteiger partial charge on any atom is -0.481 e. The SMILES string of the molecule is Cc1ccccc1C(=O)NC1CCCC1(C)C(=O)O. The van der Waals surface area contributed by atoms with Crippen molar-refractivity contribution in [1.29, 1.82) is 0 Å². The van der Waals surface area contributed by atoms with Crippen LogP contribution in [-0.4, -0.2) is 23.0 Å². The van der Waals surface area contributed by atoms with Crippen molar-refractivity contribution < 1.29 is 14.7 Å². The number of carboxylic acid groups (broad SMARTS) is 1. The molecule has 0 spiro atoms. The Morgan fingerprint density at radius 1 is 1.37 bits per heavy atom. The highest BCUT2D eigenvalue weighted by Gasteiger charge is 2.45. The molecule has 1 fully saturated rings. The van der Waals surface area contributed by atoms with Crippen molar-refractivity contribution in [2.75, 3.05) is 0 Å². The van der Waals surface area contributed by atoms with Crippen LogP contribution in [0.4, 0.5) is 0 Å². The number of hydrogen-bond acceptors (Lipinski definition) is 2. The van der Waals surface area contributed by atoms with Crippen LogP contribution in [0.2, 0.25) is 0 Å². The fourth-order valence-corrected chi connectivity index (χ4v) is 2.72. The first-order valence-corrected chi connectivity index (χ1v) is 6.55. The van der Waals surface area contributed by atoms with Gasteiger partial charge in [-0.1, -0.05) is 24.6 Å². The van der Waals surface area contributed by atoms with Crippen LogP contribution in [0.15, 0.2) is 24.3 Å². The monoisotopic (exact) mass is 261 g/mol. The zero-order valence-electron chi connectivity index (χ0n) is 11.3. The molecule has 1 aromatic rings. The second kappa shape index (κ2) is 5.03. The normalized spacial score (nSPS) is 26.1. The Bertz CT molecular complexity index is 512. The predicted octanol–water partition coefficient (Wildman–Crippen LogP) is 2.37. The van der Waals surface area contributed by atoms with E-state index in [-0.39, 0.29) is 11.9 Å². The van der Waals surface area contributed by atoms with E-state index in [0.717, 1.165) is 18.4 Å². The molecule has 2 rings (SSSR count). The van der Waals surface area contributed by atoms with Crippen LogP contribution in [-0.2, 0) is 4.79 Å². The first-order valence-electron chi connectivity index (χ1n) is 6.55. The van der Waals surface area contributed by atoms with Gasteiger partial charge in [-0.2, -0.15) is 0 Å². The molecule has 19 heavy (non-hydrogen) atoms. The molecule has 2 atom stereocenters. The van der Waals surface area contributed by atoms with Crippen LogP contribution in [0.1, 0.15) is 42.1 Å². The number of hydrogen-bond donors (Lipinski definition) is 2. The molecule has 2 unspecified atom stereocenters. The maximum atomic E-state index is 12.2. The summed E-state index contributed by atoms with van der Waals surface area (Å²) < 4.78 is 0. The fraction of sp³-hybridized carbons (Fsp3) is 0.467. The summed E-state index contributed by atoms with van der Waals surface area (Å²) >= 11 is 0. The molecule has 4 heteroatoms. The van der Waals surface area contributed by atoms with E-state index in [1.54, 1.807) is 13.0 Å². The average Bonchev–Trinajstić information content (AvgIpc) is 2.73. The molecule has 1 saturated carbocycles. The quantitative estimate of drug-likeness (QED) is 0.877. The molecule has 1 amide bonds. The largest absolute Gasteiger partial charge is 0.481 e. The predicted molar refractivity (Wildman–Crippen MR) is 72.0 cm³/mol. The Labute approximate surface area is 112 Å². The third-order valence-electron chi connectivity index (χ3n) is 4.14. The van der Waals surface area contributed by atoms with Crippen molar-refractivity contribution in [2.45, 2.75) is 39.2 Å². The van der Waals surface area contributed by atoms with Gasteiger partial charge >= 0.3 is 5.97 Å². The van der Waals surface area contributed by atoms with Crippen molar-refractivity contribution >= 4 is 11.9 Å². The lowest BCUT2D eigenvalue weighted by Crippen LogP contribution is -2.47. The maximum absolute atomic E-state index is 12.2. The Hall–Kier alpha value is -1.84. The molecule has 0 aromatic heterocycles. The Balaban J connectivity index is 2.16. The summed E-state index contributed by atoms with van der Waals surface area (Å²) in [6.45, 7) is 3.59. The summed E-state index contributed by atoms with van der Waals surface area (Å²) in [6, 6.07) is 7.03. The van der Waals surface area contributed by atoms with Crippen LogP contribution < -0.4 is 5.32 Å². The van der Waals surface area contributed by atoms with Crippen LogP contribution in [0.5, 0.6) is 0 Å². The summed E-state index contributed by atoms with van der Waals surface area (Å²) in [5.41, 5.74) is 0.662. The van der Waals surface area contributed by atoms with E-state index in [1.165, 1.54) is 0 Å². The number of rotatable bonds is 3. The molecule has 0 aliphatic heterocycles. The molecule has 4 nitrogen and oxygen atoms in total. The molecule has 0 bridgehead atoms. The molecule has 0 radical (unpaired) electrons. The van der Waals surface area contributed by atoms with Crippen molar-refractivity contribution in [3.05, 3.63) is 35.4 Å². The molecule has 1 aromatic carbocycles. The highest BCUT2D eigenvalue weighted by Crippen LogP contribution is 2.38. The van der Waals surface area contributed by atoms with Gasteiger partial charge in [-0.15, -0.1) is 0 Å². The van der Waals surface area contributed by atoms with E-state index in [9.17, 15) is 14.7 Å². The van der Waals surface area contributed by atoms with Gasteiger partial charge in [-0.05, 0) is 38.3 Å². The number of carbonyl (C=O) groups excluding carboxylic acids is 1. The van der Waals surface area contributed by atoms with E-state index in [2.05, 4.69) is 5.32 Å². The molecule has 0 heterocycles. The summed E-state index contributed by atoms with van der Waals surface area (Å²) in [7, 11) is 0. The van der Waals surface area contributed by atoms with Gasteiger partial charge in [0.1, 0.15) is 0 Å². The van der Waals surface area contributed by atoms with Gasteiger partial charge in [-0.25, -0.2) is 0 Å². The number of nitrogens with one attached hydrogen (secondary N) is 1. The molecular weight excluding hydrogens is 242 g/mol. The van der Waals surface area contributed by atoms with Crippen LogP contribution in [0.25, 0.3) is 0 Å². The van der Waals surface area contributed by atoms with Crippen LogP contribution in [0.3, 0.4) is 0 Å². The van der Waals surface area contributed by atoms with Gasteiger partial charge in [0.15, 0.2) is 0 Å². The molecule has 2 N–H and O–H groups in total. The topological polar surface area (TPSA) is 66.4 Å². The second-order valence-electron chi connectivity index (χ2n) is 5.46. The van der Waals surface area contributed by atoms with Gasteiger partial charge in [-0.3, -0.25) is 9.59 Å². The van der Waals surface area contributed by atoms with Gasteiger partial charge in [0, 0.05) is 11.6 Å². The van der Waals surface area contributed by atoms with E-state index in [1.807, 2.05) is 25.1 Å². The van der Waals surface area contributed by atoms with Gasteiger partial charge in [0.25, 0.3) is 5.91 Å². The average molecular weight is 261 g/mol. The number of aliphatic carboxylic acids is 1. The highest BCUT2D eigenvalue weighted by molar-refractivity contribution is 5.96. The molecule has 102 valence electrons. The standard InChI is InChI=1S/C15H19NO3/c1-10-6-3-4-7-11(10)13(17)16-12-8-5-9-15(12,2)14(18)19/h3-4,6-7,12H,5,8-9H2,1-2H3,(H,16,17)(H,18,19). The highest BCUT2D eigenvalue weighted by atomic mass is 16.4. The smallest absolute Gasteiger partial charge is 0.311 e. The lowest BCUT2D eigenvalue weighted by Gasteiger charge is -2.27. The molecule has 0 saturated heterocycles. The van der Waals surface area contributed by atoms with Crippen LogP contribution in [0, 0.1) is 12.3 Å². The molecule has 1 aliphatic carbocycles. The maximum Gasteiger partial charge on any atom is 0.311 e. The van der Waals surface area contributed by atoms with Crippen molar-refractivity contribution in [1.82, 2.24) is 5.32 Å². The van der Waals surface area contributed by atoms with Crippen molar-refractivity contribution in [2.24, 2.45) is 5.41 Å². The summed E-state index contributed by atoms with van der Waals surface area (Å²) in [6.07, 6.45) is 2.17. The zero-order chi connectivity index (χ0) is 14.0. The summed E-state index contributed by atoms with van der Waals surface area (Å²) in [4.78, 5) is 23.6. The summed E-state index contributed by atoms with van der Waals surface area (Å²) in [5, 5.41) is 12.2. The fourth-order valence-electron chi connectivity index (χ4n) is 2.72. The van der Waals surface area contributed by atoms with E-state index in [0.29, 0.717) is 12.0 Å². The minimum absolute atomic E-state index is 0.183. The minimum atomic E-state index is -0.849. The Morgan fingerprint density at radius 3 is 2.68 bits per heavy atom. The second-order valence-corrected chi connectivity index (χ2v) is 5.46. The Morgan fingerprint density at radius 2 is 2.05 bits per heavy atom. The first-order chi connectivity index (χ1) is 8.95. The molecule has 1 aliphatic rings. The van der Waals surface area contributed by atoms with Gasteiger partial charge in [0.05, 0.1) is 5.41 Å². The van der Waals surface area contributed by atoms with Gasteiger partial charge in [0.2, 0.25) is 0 Å². The summed E-state index contributed by atoms with van der Waals surface area (Å²) in [5.74, 6) is -1.02.